The molecule has 0 fully saturated rings. The van der Waals surface area contributed by atoms with Crippen molar-refractivity contribution >= 4 is 11.8 Å². The largest absolute Gasteiger partial charge is 0.504 e. The van der Waals surface area contributed by atoms with E-state index in [1.807, 2.05) is 24.3 Å². The van der Waals surface area contributed by atoms with Gasteiger partial charge in [-0.3, -0.25) is 0 Å². The lowest BCUT2D eigenvalue weighted by Crippen LogP contribution is -2.19. The molecule has 1 heterocycles. The number of benzene rings is 2. The van der Waals surface area contributed by atoms with Crippen molar-refractivity contribution in [3.8, 4) is 28.5 Å². The fraction of sp³-hybridized carbons (Fsp3) is 0.111. The Kier molecular flexibility index (Phi) is 5.02. The maximum atomic E-state index is 10.5. The quantitative estimate of drug-likeness (QED) is 0.362. The molecule has 9 nitrogen and oxygen atoms in total. The Labute approximate surface area is 153 Å². The van der Waals surface area contributed by atoms with Crippen LogP contribution in [0.15, 0.2) is 47.0 Å². The van der Waals surface area contributed by atoms with Gasteiger partial charge in [0.1, 0.15) is 5.69 Å². The normalized spacial score (nSPS) is 10.5. The summed E-state index contributed by atoms with van der Waals surface area (Å²) in [7, 11) is 0. The first-order chi connectivity index (χ1) is 12.9. The van der Waals surface area contributed by atoms with Crippen LogP contribution in [0.5, 0.6) is 17.2 Å². The molecular weight excluding hydrogens is 354 g/mol. The second kappa shape index (κ2) is 7.56. The fourth-order valence-electron chi connectivity index (χ4n) is 2.42. The highest BCUT2D eigenvalue weighted by atomic mass is 16.5. The Bertz CT molecular complexity index is 929. The lowest BCUT2D eigenvalue weighted by Gasteiger charge is -2.09. The third-order valence-electron chi connectivity index (χ3n) is 3.78. The van der Waals surface area contributed by atoms with Gasteiger partial charge in [0.25, 0.3) is 0 Å². The van der Waals surface area contributed by atoms with Crippen molar-refractivity contribution in [2.24, 2.45) is 0 Å². The lowest BCUT2D eigenvalue weighted by atomic mass is 10.1. The molecule has 2 aromatic carbocycles. The molecule has 0 aliphatic rings. The topological polar surface area (TPSA) is 148 Å². The SMILES string of the molecule is O=C(O)NCc1cc(-c2ccc(NCc3cc(O)c(O)c(O)c3)cc2)no1. The predicted octanol–water partition coefficient (Wildman–Crippen LogP) is 2.84. The van der Waals surface area contributed by atoms with Crippen molar-refractivity contribution < 1.29 is 29.7 Å². The molecule has 1 amide bonds. The molecule has 140 valence electrons. The highest BCUT2D eigenvalue weighted by Crippen LogP contribution is 2.35. The molecule has 3 aromatic rings. The third kappa shape index (κ3) is 4.40. The number of hydrogen-bond acceptors (Lipinski definition) is 7. The van der Waals surface area contributed by atoms with E-state index in [9.17, 15) is 20.1 Å². The van der Waals surface area contributed by atoms with Crippen LogP contribution in [-0.2, 0) is 13.1 Å². The molecule has 0 bridgehead atoms. The van der Waals surface area contributed by atoms with E-state index in [4.69, 9.17) is 9.63 Å². The zero-order valence-electron chi connectivity index (χ0n) is 14.0. The Morgan fingerprint density at radius 3 is 2.30 bits per heavy atom. The van der Waals surface area contributed by atoms with Gasteiger partial charge in [-0.1, -0.05) is 17.3 Å². The molecule has 9 heteroatoms. The Hall–Kier alpha value is -3.88. The number of nitrogens with zero attached hydrogens (tertiary/aromatic N) is 1. The first-order valence-corrected chi connectivity index (χ1v) is 7.93. The number of carboxylic acid groups (broad SMARTS) is 1. The average molecular weight is 371 g/mol. The third-order valence-corrected chi connectivity index (χ3v) is 3.78. The van der Waals surface area contributed by atoms with E-state index in [1.165, 1.54) is 12.1 Å². The maximum absolute atomic E-state index is 10.5. The molecule has 0 aliphatic heterocycles. The Morgan fingerprint density at radius 1 is 1.00 bits per heavy atom. The first kappa shape index (κ1) is 17.9. The molecule has 0 radical (unpaired) electrons. The molecule has 0 aliphatic carbocycles. The van der Waals surface area contributed by atoms with Crippen molar-refractivity contribution in [2.75, 3.05) is 5.32 Å². The van der Waals surface area contributed by atoms with Crippen LogP contribution in [-0.4, -0.2) is 31.7 Å². The van der Waals surface area contributed by atoms with Crippen molar-refractivity contribution in [2.45, 2.75) is 13.1 Å². The molecule has 0 spiro atoms. The van der Waals surface area contributed by atoms with Crippen molar-refractivity contribution in [3.63, 3.8) is 0 Å². The Morgan fingerprint density at radius 2 is 1.67 bits per heavy atom. The number of phenols is 3. The van der Waals surface area contributed by atoms with Crippen LogP contribution in [0, 0.1) is 0 Å². The number of phenolic OH excluding ortho intramolecular Hbond substituents is 3. The van der Waals surface area contributed by atoms with Gasteiger partial charge in [-0.15, -0.1) is 0 Å². The summed E-state index contributed by atoms with van der Waals surface area (Å²) < 4.78 is 5.08. The van der Waals surface area contributed by atoms with Crippen LogP contribution >= 0.6 is 0 Å². The van der Waals surface area contributed by atoms with Gasteiger partial charge in [-0.25, -0.2) is 4.79 Å². The summed E-state index contributed by atoms with van der Waals surface area (Å²) in [5, 5.41) is 46.2. The van der Waals surface area contributed by atoms with Gasteiger partial charge in [-0.05, 0) is 29.8 Å². The zero-order chi connectivity index (χ0) is 19.4. The molecule has 27 heavy (non-hydrogen) atoms. The van der Waals surface area contributed by atoms with E-state index in [0.29, 0.717) is 23.6 Å². The van der Waals surface area contributed by atoms with E-state index in [1.54, 1.807) is 6.07 Å². The molecule has 0 saturated heterocycles. The van der Waals surface area contributed by atoms with E-state index in [2.05, 4.69) is 15.8 Å². The average Bonchev–Trinajstić information content (AvgIpc) is 3.12. The minimum atomic E-state index is -1.14. The number of hydrogen-bond donors (Lipinski definition) is 6. The smallest absolute Gasteiger partial charge is 0.405 e. The van der Waals surface area contributed by atoms with Crippen LogP contribution in [0.3, 0.4) is 0 Å². The standard InChI is InChI=1S/C18H17N3O6/c22-15-5-10(6-16(23)17(15)24)8-19-12-3-1-11(2-4-12)14-7-13(27-21-14)9-20-18(25)26/h1-7,19-20,22-24H,8-9H2,(H,25,26). The second-order valence-electron chi connectivity index (χ2n) is 5.75. The van der Waals surface area contributed by atoms with Crippen LogP contribution in [0.2, 0.25) is 0 Å². The van der Waals surface area contributed by atoms with E-state index in [0.717, 1.165) is 11.3 Å². The summed E-state index contributed by atoms with van der Waals surface area (Å²) in [6, 6.07) is 11.6. The minimum absolute atomic E-state index is 0.0360. The van der Waals surface area contributed by atoms with Crippen molar-refractivity contribution in [3.05, 3.63) is 53.8 Å². The monoisotopic (exact) mass is 371 g/mol. The highest BCUT2D eigenvalue weighted by molar-refractivity contribution is 5.65. The molecule has 3 rings (SSSR count). The summed E-state index contributed by atoms with van der Waals surface area (Å²) in [5.74, 6) is -0.919. The van der Waals surface area contributed by atoms with Crippen LogP contribution in [0.1, 0.15) is 11.3 Å². The number of nitrogens with one attached hydrogen (secondary N) is 2. The van der Waals surface area contributed by atoms with Crippen molar-refractivity contribution in [1.82, 2.24) is 10.5 Å². The van der Waals surface area contributed by atoms with Crippen LogP contribution in [0.4, 0.5) is 10.5 Å². The summed E-state index contributed by atoms with van der Waals surface area (Å²) in [4.78, 5) is 10.5. The minimum Gasteiger partial charge on any atom is -0.504 e. The maximum Gasteiger partial charge on any atom is 0.405 e. The lowest BCUT2D eigenvalue weighted by molar-refractivity contribution is 0.192. The molecule has 0 unspecified atom stereocenters. The van der Waals surface area contributed by atoms with Gasteiger partial charge < -0.3 is 35.6 Å². The summed E-state index contributed by atoms with van der Waals surface area (Å²) in [6.45, 7) is 0.365. The second-order valence-corrected chi connectivity index (χ2v) is 5.75. The summed E-state index contributed by atoms with van der Waals surface area (Å²) in [6.07, 6.45) is -1.14. The molecular formula is C18H17N3O6. The highest BCUT2D eigenvalue weighted by Gasteiger charge is 2.09. The number of rotatable bonds is 6. The first-order valence-electron chi connectivity index (χ1n) is 7.93. The molecule has 1 aromatic heterocycles. The number of anilines is 1. The number of amides is 1. The van der Waals surface area contributed by atoms with E-state index >= 15 is 0 Å². The number of carbonyl (C=O) groups is 1. The summed E-state index contributed by atoms with van der Waals surface area (Å²) in [5.41, 5.74) is 2.77. The molecule has 0 saturated carbocycles. The van der Waals surface area contributed by atoms with Crippen LogP contribution < -0.4 is 10.6 Å². The van der Waals surface area contributed by atoms with E-state index < -0.39 is 11.8 Å². The zero-order valence-corrected chi connectivity index (χ0v) is 14.0. The molecule has 0 atom stereocenters. The van der Waals surface area contributed by atoms with Crippen molar-refractivity contribution in [1.29, 1.82) is 0 Å². The predicted molar refractivity (Wildman–Crippen MR) is 95.6 cm³/mol. The van der Waals surface area contributed by atoms with E-state index in [-0.39, 0.29) is 18.0 Å². The summed E-state index contributed by atoms with van der Waals surface area (Å²) >= 11 is 0. The molecule has 6 N–H and O–H groups in total. The van der Waals surface area contributed by atoms with Gasteiger partial charge in [0.05, 0.1) is 6.54 Å². The number of aromatic hydroxyl groups is 3. The Balaban J connectivity index is 1.63. The van der Waals surface area contributed by atoms with Gasteiger partial charge in [-0.2, -0.15) is 0 Å². The van der Waals surface area contributed by atoms with Gasteiger partial charge in [0.2, 0.25) is 0 Å². The van der Waals surface area contributed by atoms with Gasteiger partial charge in [0, 0.05) is 23.9 Å². The number of aromatic nitrogens is 1. The van der Waals surface area contributed by atoms with Gasteiger partial charge >= 0.3 is 6.09 Å². The van der Waals surface area contributed by atoms with Crippen LogP contribution in [0.25, 0.3) is 11.3 Å². The van der Waals surface area contributed by atoms with Gasteiger partial charge in [0.15, 0.2) is 23.0 Å². The fourth-order valence-corrected chi connectivity index (χ4v) is 2.42.